The number of ether oxygens (including phenoxy) is 2. The normalized spacial score (nSPS) is 17.1. The van der Waals surface area contributed by atoms with Gasteiger partial charge >= 0.3 is 11.8 Å². The van der Waals surface area contributed by atoms with Crippen molar-refractivity contribution >= 4 is 23.5 Å². The lowest BCUT2D eigenvalue weighted by atomic mass is 10.00. The number of aromatic nitrogens is 1. The van der Waals surface area contributed by atoms with Crippen molar-refractivity contribution in [1.29, 1.82) is 0 Å². The van der Waals surface area contributed by atoms with E-state index in [-0.39, 0.29) is 18.2 Å². The molecule has 0 aliphatic carbocycles. The van der Waals surface area contributed by atoms with E-state index >= 15 is 0 Å². The van der Waals surface area contributed by atoms with Gasteiger partial charge in [0, 0.05) is 6.07 Å². The molecular formula is C15H19N3O6. The Morgan fingerprint density at radius 3 is 2.67 bits per heavy atom. The number of pyridine rings is 1. The summed E-state index contributed by atoms with van der Waals surface area (Å²) in [6, 6.07) is 2.57. The van der Waals surface area contributed by atoms with Crippen molar-refractivity contribution in [3.63, 3.8) is 0 Å². The van der Waals surface area contributed by atoms with Gasteiger partial charge in [-0.3, -0.25) is 9.69 Å². The fourth-order valence-corrected chi connectivity index (χ4v) is 2.43. The number of carbonyl (C=O) groups excluding carboxylic acids is 2. The second-order valence-corrected chi connectivity index (χ2v) is 5.72. The molecule has 130 valence electrons. The maximum atomic E-state index is 12.7. The Balaban J connectivity index is 2.60. The standard InChI is InChI=1S/C15H19N3O6/c1-5-9-13(19)17(15(3,4)14(20)23-6-2)12-10(24-9)7-8-11(16-12)18(21)22/h7-9H,5-6H2,1-4H3. The lowest BCUT2D eigenvalue weighted by Crippen LogP contribution is -2.59. The Kier molecular flexibility index (Phi) is 4.72. The third-order valence-corrected chi connectivity index (χ3v) is 3.69. The first kappa shape index (κ1) is 17.6. The molecule has 0 saturated heterocycles. The summed E-state index contributed by atoms with van der Waals surface area (Å²) in [7, 11) is 0. The van der Waals surface area contributed by atoms with Crippen molar-refractivity contribution in [2.75, 3.05) is 11.5 Å². The molecule has 1 aromatic heterocycles. The van der Waals surface area contributed by atoms with Crippen molar-refractivity contribution in [1.82, 2.24) is 4.98 Å². The van der Waals surface area contributed by atoms with Crippen LogP contribution in [0.25, 0.3) is 0 Å². The van der Waals surface area contributed by atoms with E-state index in [1.165, 1.54) is 26.0 Å². The van der Waals surface area contributed by atoms with Crippen LogP contribution in [0, 0.1) is 10.1 Å². The minimum absolute atomic E-state index is 0.0584. The predicted octanol–water partition coefficient (Wildman–Crippen LogP) is 1.84. The summed E-state index contributed by atoms with van der Waals surface area (Å²) in [6.45, 7) is 6.58. The maximum Gasteiger partial charge on any atom is 0.366 e. The summed E-state index contributed by atoms with van der Waals surface area (Å²) in [4.78, 5) is 40.4. The number of hydrogen-bond acceptors (Lipinski definition) is 7. The maximum absolute atomic E-state index is 12.7. The smallest absolute Gasteiger partial charge is 0.366 e. The van der Waals surface area contributed by atoms with Crippen LogP contribution in [0.2, 0.25) is 0 Å². The topological polar surface area (TPSA) is 112 Å². The first-order valence-corrected chi connectivity index (χ1v) is 7.57. The number of nitro groups is 1. The quantitative estimate of drug-likeness (QED) is 0.457. The van der Waals surface area contributed by atoms with Crippen molar-refractivity contribution < 1.29 is 24.0 Å². The zero-order valence-electron chi connectivity index (χ0n) is 13.9. The van der Waals surface area contributed by atoms with E-state index in [9.17, 15) is 19.7 Å². The summed E-state index contributed by atoms with van der Waals surface area (Å²) in [5, 5.41) is 11.0. The predicted molar refractivity (Wildman–Crippen MR) is 83.8 cm³/mol. The molecule has 0 bridgehead atoms. The van der Waals surface area contributed by atoms with Crippen LogP contribution in [0.3, 0.4) is 0 Å². The lowest BCUT2D eigenvalue weighted by Gasteiger charge is -2.39. The molecule has 1 aliphatic rings. The number of hydrogen-bond donors (Lipinski definition) is 0. The van der Waals surface area contributed by atoms with E-state index < -0.39 is 34.3 Å². The Bertz CT molecular complexity index is 688. The fraction of sp³-hybridized carbons (Fsp3) is 0.533. The van der Waals surface area contributed by atoms with Crippen LogP contribution in [-0.4, -0.2) is 40.0 Å². The summed E-state index contributed by atoms with van der Waals surface area (Å²) >= 11 is 0. The highest BCUT2D eigenvalue weighted by Crippen LogP contribution is 2.39. The Hall–Kier alpha value is -2.71. The molecule has 2 heterocycles. The minimum Gasteiger partial charge on any atom is -0.474 e. The van der Waals surface area contributed by atoms with E-state index in [0.29, 0.717) is 6.42 Å². The van der Waals surface area contributed by atoms with Crippen molar-refractivity contribution in [2.45, 2.75) is 45.8 Å². The number of fused-ring (bicyclic) bond motifs is 1. The van der Waals surface area contributed by atoms with Gasteiger partial charge in [0.1, 0.15) is 5.54 Å². The Morgan fingerprint density at radius 2 is 2.12 bits per heavy atom. The van der Waals surface area contributed by atoms with E-state index in [2.05, 4.69) is 4.98 Å². The molecule has 1 aromatic rings. The van der Waals surface area contributed by atoms with Crippen molar-refractivity contribution in [2.24, 2.45) is 0 Å². The van der Waals surface area contributed by atoms with Gasteiger partial charge in [-0.15, -0.1) is 0 Å². The number of amides is 1. The fourth-order valence-electron chi connectivity index (χ4n) is 2.43. The zero-order chi connectivity index (χ0) is 18.1. The van der Waals surface area contributed by atoms with Gasteiger partial charge in [-0.25, -0.2) is 4.79 Å². The molecule has 2 rings (SSSR count). The Morgan fingerprint density at radius 1 is 1.46 bits per heavy atom. The number of esters is 1. The average molecular weight is 337 g/mol. The molecule has 1 amide bonds. The molecule has 0 N–H and O–H groups in total. The summed E-state index contributed by atoms with van der Waals surface area (Å²) in [5.41, 5.74) is -1.39. The van der Waals surface area contributed by atoms with Crippen LogP contribution >= 0.6 is 0 Å². The molecule has 0 radical (unpaired) electrons. The number of carbonyl (C=O) groups is 2. The molecule has 1 unspecified atom stereocenters. The van der Waals surface area contributed by atoms with E-state index in [4.69, 9.17) is 9.47 Å². The van der Waals surface area contributed by atoms with Gasteiger partial charge in [-0.2, -0.15) is 0 Å². The first-order valence-electron chi connectivity index (χ1n) is 7.57. The minimum atomic E-state index is -1.39. The molecular weight excluding hydrogens is 318 g/mol. The highest BCUT2D eigenvalue weighted by molar-refractivity contribution is 6.05. The molecule has 1 aliphatic heterocycles. The zero-order valence-corrected chi connectivity index (χ0v) is 13.9. The van der Waals surface area contributed by atoms with Gasteiger partial charge in [0.2, 0.25) is 0 Å². The Labute approximate surface area is 138 Å². The summed E-state index contributed by atoms with van der Waals surface area (Å²) in [5.74, 6) is -1.41. The van der Waals surface area contributed by atoms with E-state index in [1.807, 2.05) is 0 Å². The SMILES string of the molecule is CCOC(=O)C(C)(C)N1C(=O)C(CC)Oc2ccc([N+](=O)[O-])nc21. The lowest BCUT2D eigenvalue weighted by molar-refractivity contribution is -0.389. The molecule has 9 nitrogen and oxygen atoms in total. The monoisotopic (exact) mass is 337 g/mol. The second-order valence-electron chi connectivity index (χ2n) is 5.72. The van der Waals surface area contributed by atoms with Gasteiger partial charge in [0.05, 0.1) is 6.61 Å². The van der Waals surface area contributed by atoms with Gasteiger partial charge in [0.15, 0.2) is 11.9 Å². The van der Waals surface area contributed by atoms with Gasteiger partial charge < -0.3 is 19.6 Å². The van der Waals surface area contributed by atoms with Crippen LogP contribution in [0.5, 0.6) is 5.75 Å². The number of anilines is 1. The van der Waals surface area contributed by atoms with Crippen LogP contribution in [0.1, 0.15) is 34.1 Å². The highest BCUT2D eigenvalue weighted by Gasteiger charge is 2.49. The van der Waals surface area contributed by atoms with E-state index in [1.54, 1.807) is 13.8 Å². The molecule has 1 atom stereocenters. The largest absolute Gasteiger partial charge is 0.474 e. The third kappa shape index (κ3) is 2.89. The van der Waals surface area contributed by atoms with Gasteiger partial charge in [0.25, 0.3) is 11.7 Å². The van der Waals surface area contributed by atoms with Crippen LogP contribution in [-0.2, 0) is 14.3 Å². The first-order chi connectivity index (χ1) is 11.2. The molecule has 9 heteroatoms. The number of nitrogens with zero attached hydrogens (tertiary/aromatic N) is 3. The van der Waals surface area contributed by atoms with E-state index in [0.717, 1.165) is 4.90 Å². The molecule has 0 saturated carbocycles. The van der Waals surface area contributed by atoms with Gasteiger partial charge in [-0.1, -0.05) is 6.92 Å². The van der Waals surface area contributed by atoms with Gasteiger partial charge in [-0.05, 0) is 43.2 Å². The molecule has 0 aromatic carbocycles. The third-order valence-electron chi connectivity index (χ3n) is 3.69. The average Bonchev–Trinajstić information content (AvgIpc) is 2.53. The molecule has 0 spiro atoms. The van der Waals surface area contributed by atoms with Crippen LogP contribution in [0.15, 0.2) is 12.1 Å². The molecule has 0 fully saturated rings. The summed E-state index contributed by atoms with van der Waals surface area (Å²) in [6.07, 6.45) is -0.417. The van der Waals surface area contributed by atoms with Crippen LogP contribution in [0.4, 0.5) is 11.6 Å². The van der Waals surface area contributed by atoms with Crippen molar-refractivity contribution in [3.8, 4) is 5.75 Å². The second kappa shape index (κ2) is 6.42. The molecule has 24 heavy (non-hydrogen) atoms. The summed E-state index contributed by atoms with van der Waals surface area (Å²) < 4.78 is 10.6. The van der Waals surface area contributed by atoms with Crippen molar-refractivity contribution in [3.05, 3.63) is 22.2 Å². The number of rotatable bonds is 5. The highest BCUT2D eigenvalue weighted by atomic mass is 16.6. The van der Waals surface area contributed by atoms with Crippen LogP contribution < -0.4 is 9.64 Å².